The Balaban J connectivity index is 2.95. The van der Waals surface area contributed by atoms with E-state index in [1.807, 2.05) is 37.3 Å². The van der Waals surface area contributed by atoms with Crippen LogP contribution in [-0.2, 0) is 4.74 Å². The molecule has 0 amide bonds. The Hall–Kier alpha value is -0.860. The van der Waals surface area contributed by atoms with Crippen molar-refractivity contribution < 1.29 is 9.84 Å². The van der Waals surface area contributed by atoms with Gasteiger partial charge in [-0.15, -0.1) is 0 Å². The van der Waals surface area contributed by atoms with Gasteiger partial charge >= 0.3 is 0 Å². The van der Waals surface area contributed by atoms with E-state index < -0.39 is 11.7 Å². The average molecular weight is 222 g/mol. The Morgan fingerprint density at radius 3 is 2.12 bits per heavy atom. The molecule has 90 valence electrons. The molecule has 1 atom stereocenters. The van der Waals surface area contributed by atoms with Gasteiger partial charge in [-0.1, -0.05) is 44.2 Å². The van der Waals surface area contributed by atoms with E-state index in [-0.39, 0.29) is 0 Å². The molecule has 1 unspecified atom stereocenters. The fraction of sp³-hybridized carbons (Fsp3) is 0.571. The van der Waals surface area contributed by atoms with Gasteiger partial charge in [0.25, 0.3) is 0 Å². The van der Waals surface area contributed by atoms with Crippen molar-refractivity contribution in [2.75, 3.05) is 6.61 Å². The molecule has 0 bridgehead atoms. The second-order valence-electron chi connectivity index (χ2n) is 4.02. The zero-order valence-electron chi connectivity index (χ0n) is 10.4. The van der Waals surface area contributed by atoms with Gasteiger partial charge in [-0.2, -0.15) is 0 Å². The number of hydrogen-bond acceptors (Lipinski definition) is 2. The first-order valence-corrected chi connectivity index (χ1v) is 6.07. The van der Waals surface area contributed by atoms with E-state index in [1.54, 1.807) is 0 Å². The Morgan fingerprint density at radius 2 is 1.69 bits per heavy atom. The number of aliphatic hydroxyl groups is 1. The summed E-state index contributed by atoms with van der Waals surface area (Å²) in [6, 6.07) is 9.74. The largest absolute Gasteiger partial charge is 0.385 e. The number of ether oxygens (including phenoxy) is 1. The summed E-state index contributed by atoms with van der Waals surface area (Å²) in [6.45, 7) is 6.72. The number of benzene rings is 1. The van der Waals surface area contributed by atoms with Gasteiger partial charge in [0, 0.05) is 6.61 Å². The van der Waals surface area contributed by atoms with E-state index in [1.165, 1.54) is 0 Å². The highest BCUT2D eigenvalue weighted by molar-refractivity contribution is 5.20. The molecule has 0 radical (unpaired) electrons. The molecule has 2 heteroatoms. The summed E-state index contributed by atoms with van der Waals surface area (Å²) >= 11 is 0. The van der Waals surface area contributed by atoms with E-state index in [0.29, 0.717) is 6.61 Å². The standard InChI is InChI=1S/C14H22O2/c1-4-14(5-2,16-6-3)13(15)12-10-8-7-9-11-12/h7-11,13,15H,4-6H2,1-3H3. The molecule has 0 saturated carbocycles. The predicted octanol–water partition coefficient (Wildman–Crippen LogP) is 3.32. The Labute approximate surface area is 98.3 Å². The Morgan fingerprint density at radius 1 is 1.12 bits per heavy atom. The summed E-state index contributed by atoms with van der Waals surface area (Å²) in [5, 5.41) is 10.4. The monoisotopic (exact) mass is 222 g/mol. The van der Waals surface area contributed by atoms with Crippen LogP contribution in [0.25, 0.3) is 0 Å². The molecular weight excluding hydrogens is 200 g/mol. The molecular formula is C14H22O2. The molecule has 1 aromatic rings. The van der Waals surface area contributed by atoms with E-state index >= 15 is 0 Å². The lowest BCUT2D eigenvalue weighted by molar-refractivity contribution is -0.127. The number of hydrogen-bond donors (Lipinski definition) is 1. The van der Waals surface area contributed by atoms with Crippen LogP contribution < -0.4 is 0 Å². The van der Waals surface area contributed by atoms with Gasteiger partial charge in [-0.05, 0) is 25.3 Å². The summed E-state index contributed by atoms with van der Waals surface area (Å²) in [5.41, 5.74) is 0.482. The molecule has 1 N–H and O–H groups in total. The number of aliphatic hydroxyl groups excluding tert-OH is 1. The van der Waals surface area contributed by atoms with Crippen molar-refractivity contribution in [3.05, 3.63) is 35.9 Å². The lowest BCUT2D eigenvalue weighted by Gasteiger charge is -2.36. The highest BCUT2D eigenvalue weighted by atomic mass is 16.5. The van der Waals surface area contributed by atoms with Crippen LogP contribution >= 0.6 is 0 Å². The first-order chi connectivity index (χ1) is 7.70. The highest BCUT2D eigenvalue weighted by Crippen LogP contribution is 2.35. The summed E-state index contributed by atoms with van der Waals surface area (Å²) in [5.74, 6) is 0. The minimum atomic E-state index is -0.552. The second-order valence-corrected chi connectivity index (χ2v) is 4.02. The van der Waals surface area contributed by atoms with Gasteiger partial charge in [-0.25, -0.2) is 0 Å². The van der Waals surface area contributed by atoms with Crippen molar-refractivity contribution in [2.24, 2.45) is 0 Å². The van der Waals surface area contributed by atoms with Crippen molar-refractivity contribution in [3.63, 3.8) is 0 Å². The lowest BCUT2D eigenvalue weighted by Crippen LogP contribution is -2.38. The van der Waals surface area contributed by atoms with Crippen molar-refractivity contribution in [3.8, 4) is 0 Å². The molecule has 1 aromatic carbocycles. The van der Waals surface area contributed by atoms with E-state index in [4.69, 9.17) is 4.74 Å². The number of rotatable bonds is 6. The zero-order chi connectivity index (χ0) is 12.0. The van der Waals surface area contributed by atoms with Crippen LogP contribution in [0.1, 0.15) is 45.3 Å². The molecule has 0 aliphatic carbocycles. The molecule has 0 aliphatic heterocycles. The van der Waals surface area contributed by atoms with Crippen LogP contribution in [0.2, 0.25) is 0 Å². The van der Waals surface area contributed by atoms with Crippen molar-refractivity contribution in [1.29, 1.82) is 0 Å². The molecule has 0 heterocycles. The van der Waals surface area contributed by atoms with E-state index in [2.05, 4.69) is 13.8 Å². The fourth-order valence-electron chi connectivity index (χ4n) is 2.15. The Bertz CT molecular complexity index is 291. The third-order valence-electron chi connectivity index (χ3n) is 3.24. The maximum Gasteiger partial charge on any atom is 0.108 e. The molecule has 16 heavy (non-hydrogen) atoms. The molecule has 0 saturated heterocycles. The van der Waals surface area contributed by atoms with Crippen LogP contribution in [0.5, 0.6) is 0 Å². The van der Waals surface area contributed by atoms with Gasteiger partial charge in [0.05, 0.1) is 5.60 Å². The molecule has 0 fully saturated rings. The summed E-state index contributed by atoms with van der Waals surface area (Å²) in [7, 11) is 0. The van der Waals surface area contributed by atoms with Gasteiger partial charge in [0.1, 0.15) is 6.10 Å². The van der Waals surface area contributed by atoms with Crippen LogP contribution in [0.15, 0.2) is 30.3 Å². The van der Waals surface area contributed by atoms with Crippen LogP contribution in [0.4, 0.5) is 0 Å². The van der Waals surface area contributed by atoms with E-state index in [0.717, 1.165) is 18.4 Å². The van der Waals surface area contributed by atoms with Gasteiger partial charge in [-0.3, -0.25) is 0 Å². The van der Waals surface area contributed by atoms with Gasteiger partial charge < -0.3 is 9.84 Å². The Kier molecular flexibility index (Phi) is 4.97. The summed E-state index contributed by atoms with van der Waals surface area (Å²) < 4.78 is 5.79. The van der Waals surface area contributed by atoms with Gasteiger partial charge in [0.15, 0.2) is 0 Å². The average Bonchev–Trinajstić information content (AvgIpc) is 2.36. The molecule has 1 rings (SSSR count). The quantitative estimate of drug-likeness (QED) is 0.800. The zero-order valence-corrected chi connectivity index (χ0v) is 10.4. The minimum absolute atomic E-state index is 0.448. The van der Waals surface area contributed by atoms with Crippen LogP contribution in [0.3, 0.4) is 0 Å². The van der Waals surface area contributed by atoms with E-state index in [9.17, 15) is 5.11 Å². The maximum absolute atomic E-state index is 10.4. The SMILES string of the molecule is CCOC(CC)(CC)C(O)c1ccccc1. The molecule has 2 nitrogen and oxygen atoms in total. The van der Waals surface area contributed by atoms with Crippen molar-refractivity contribution in [1.82, 2.24) is 0 Å². The normalized spacial score (nSPS) is 13.8. The van der Waals surface area contributed by atoms with Crippen LogP contribution in [-0.4, -0.2) is 17.3 Å². The lowest BCUT2D eigenvalue weighted by atomic mass is 9.86. The summed E-state index contributed by atoms with van der Waals surface area (Å²) in [4.78, 5) is 0. The first kappa shape index (κ1) is 13.2. The summed E-state index contributed by atoms with van der Waals surface area (Å²) in [6.07, 6.45) is 1.07. The second kappa shape index (κ2) is 6.02. The van der Waals surface area contributed by atoms with Gasteiger partial charge in [0.2, 0.25) is 0 Å². The topological polar surface area (TPSA) is 29.5 Å². The van der Waals surface area contributed by atoms with Crippen LogP contribution in [0, 0.1) is 0 Å². The first-order valence-electron chi connectivity index (χ1n) is 6.07. The molecule has 0 aromatic heterocycles. The highest BCUT2D eigenvalue weighted by Gasteiger charge is 2.36. The predicted molar refractivity (Wildman–Crippen MR) is 66.3 cm³/mol. The third kappa shape index (κ3) is 2.63. The van der Waals surface area contributed by atoms with Crippen molar-refractivity contribution >= 4 is 0 Å². The molecule has 0 aliphatic rings. The molecule has 0 spiro atoms. The smallest absolute Gasteiger partial charge is 0.108 e. The van der Waals surface area contributed by atoms with Crippen molar-refractivity contribution in [2.45, 2.75) is 45.3 Å². The minimum Gasteiger partial charge on any atom is -0.385 e. The fourth-order valence-corrected chi connectivity index (χ4v) is 2.15. The maximum atomic E-state index is 10.4. The third-order valence-corrected chi connectivity index (χ3v) is 3.24.